The minimum absolute atomic E-state index is 0.0130. The van der Waals surface area contributed by atoms with Gasteiger partial charge in [0.1, 0.15) is 11.9 Å². The number of carbonyl (C=O) groups is 1. The maximum absolute atomic E-state index is 12.9. The van der Waals surface area contributed by atoms with Gasteiger partial charge in [-0.2, -0.15) is 0 Å². The zero-order valence-electron chi connectivity index (χ0n) is 19.9. The lowest BCUT2D eigenvalue weighted by Gasteiger charge is -2.50. The van der Waals surface area contributed by atoms with Gasteiger partial charge in [0.05, 0.1) is 13.0 Å². The molecule has 174 valence electrons. The molecule has 5 nitrogen and oxygen atoms in total. The van der Waals surface area contributed by atoms with Crippen LogP contribution in [0.25, 0.3) is 0 Å². The lowest BCUT2D eigenvalue weighted by atomic mass is 9.55. The van der Waals surface area contributed by atoms with E-state index in [1.807, 2.05) is 12.1 Å². The first-order valence-electron chi connectivity index (χ1n) is 12.4. The molecule has 0 radical (unpaired) electrons. The monoisotopic (exact) mass is 438 g/mol. The zero-order chi connectivity index (χ0) is 22.5. The van der Waals surface area contributed by atoms with Gasteiger partial charge < -0.3 is 14.4 Å². The Bertz CT molecular complexity index is 868. The molecule has 1 aromatic carbocycles. The van der Waals surface area contributed by atoms with Gasteiger partial charge in [0.2, 0.25) is 0 Å². The summed E-state index contributed by atoms with van der Waals surface area (Å²) in [5, 5.41) is 0. The third-order valence-corrected chi connectivity index (χ3v) is 8.89. The standard InChI is InChI=1S/C27H38N2O3/c1-18-6-5-11-27(3)15-25-22(14-24(18)27)23(26(30)32-25)17-28-12-13-29(19(2)16-28)20-7-9-21(31-4)10-8-20/h7-10,19,22-25H,1,5-6,11-17H2,2-4H3/t19?,22-,23?,24?,25-,27-/m1/s1. The molecule has 4 aliphatic rings. The highest BCUT2D eigenvalue weighted by atomic mass is 16.6. The summed E-state index contributed by atoms with van der Waals surface area (Å²) in [5.41, 5.74) is 2.92. The van der Waals surface area contributed by atoms with E-state index in [4.69, 9.17) is 9.47 Å². The molecule has 2 saturated heterocycles. The van der Waals surface area contributed by atoms with Gasteiger partial charge in [-0.15, -0.1) is 0 Å². The summed E-state index contributed by atoms with van der Waals surface area (Å²) in [4.78, 5) is 17.9. The quantitative estimate of drug-likeness (QED) is 0.511. The second kappa shape index (κ2) is 8.40. The molecule has 4 fully saturated rings. The number of fused-ring (bicyclic) bond motifs is 2. The van der Waals surface area contributed by atoms with E-state index >= 15 is 0 Å². The Balaban J connectivity index is 1.24. The number of rotatable bonds is 4. The Hall–Kier alpha value is -2.01. The van der Waals surface area contributed by atoms with Crippen molar-refractivity contribution in [1.82, 2.24) is 4.90 Å². The van der Waals surface area contributed by atoms with Crippen LogP contribution in [0.5, 0.6) is 5.75 Å². The highest BCUT2D eigenvalue weighted by molar-refractivity contribution is 5.75. The molecule has 2 saturated carbocycles. The third kappa shape index (κ3) is 3.83. The normalized spacial score (nSPS) is 37.6. The second-order valence-electron chi connectivity index (χ2n) is 10.9. The van der Waals surface area contributed by atoms with Crippen LogP contribution in [0.15, 0.2) is 36.4 Å². The number of anilines is 1. The highest BCUT2D eigenvalue weighted by Crippen LogP contribution is 2.57. The van der Waals surface area contributed by atoms with E-state index in [0.717, 1.165) is 51.2 Å². The summed E-state index contributed by atoms with van der Waals surface area (Å²) in [6.07, 6.45) is 5.84. The molecule has 2 aliphatic heterocycles. The van der Waals surface area contributed by atoms with Crippen LogP contribution < -0.4 is 9.64 Å². The molecule has 2 aliphatic carbocycles. The zero-order valence-corrected chi connectivity index (χ0v) is 19.9. The van der Waals surface area contributed by atoms with E-state index in [-0.39, 0.29) is 23.4 Å². The van der Waals surface area contributed by atoms with E-state index in [9.17, 15) is 4.79 Å². The smallest absolute Gasteiger partial charge is 0.310 e. The fraction of sp³-hybridized carbons (Fsp3) is 0.667. The Kier molecular flexibility index (Phi) is 5.73. The van der Waals surface area contributed by atoms with Crippen LogP contribution in [0.1, 0.15) is 46.0 Å². The van der Waals surface area contributed by atoms with Crippen LogP contribution in [0.4, 0.5) is 5.69 Å². The van der Waals surface area contributed by atoms with Gasteiger partial charge >= 0.3 is 5.97 Å². The van der Waals surface area contributed by atoms with Gasteiger partial charge in [-0.05, 0) is 74.6 Å². The van der Waals surface area contributed by atoms with Crippen LogP contribution >= 0.6 is 0 Å². The molecule has 6 atom stereocenters. The molecule has 5 heteroatoms. The highest BCUT2D eigenvalue weighted by Gasteiger charge is 2.55. The SMILES string of the molecule is C=C1CCC[C@]2(C)C[C@H]3OC(=O)C(CN4CCN(c5ccc(OC)cc5)C(C)C4)[C@H]3CC12. The molecule has 0 N–H and O–H groups in total. The summed E-state index contributed by atoms with van der Waals surface area (Å²) in [7, 11) is 1.70. The van der Waals surface area contributed by atoms with Gasteiger partial charge in [0.15, 0.2) is 0 Å². The van der Waals surface area contributed by atoms with Crippen molar-refractivity contribution in [1.29, 1.82) is 0 Å². The lowest BCUT2D eigenvalue weighted by molar-refractivity contribution is -0.146. The number of piperazine rings is 1. The van der Waals surface area contributed by atoms with Crippen LogP contribution in [0, 0.1) is 23.2 Å². The molecule has 0 aromatic heterocycles. The van der Waals surface area contributed by atoms with Gasteiger partial charge in [-0.1, -0.05) is 19.1 Å². The number of hydrogen-bond acceptors (Lipinski definition) is 5. The first kappa shape index (κ1) is 21.8. The average Bonchev–Trinajstić information content (AvgIpc) is 3.06. The van der Waals surface area contributed by atoms with Gasteiger partial charge in [-0.25, -0.2) is 0 Å². The number of ether oxygens (including phenoxy) is 2. The van der Waals surface area contributed by atoms with Crippen molar-refractivity contribution in [3.05, 3.63) is 36.4 Å². The van der Waals surface area contributed by atoms with Crippen molar-refractivity contribution >= 4 is 11.7 Å². The molecule has 0 spiro atoms. The number of hydrogen-bond donors (Lipinski definition) is 0. The lowest BCUT2D eigenvalue weighted by Crippen LogP contribution is -2.54. The molecule has 0 amide bonds. The molecule has 5 rings (SSSR count). The van der Waals surface area contributed by atoms with E-state index in [1.165, 1.54) is 24.1 Å². The molecule has 0 bridgehead atoms. The largest absolute Gasteiger partial charge is 0.497 e. The predicted octanol–water partition coefficient (Wildman–Crippen LogP) is 4.52. The fourth-order valence-corrected chi connectivity index (χ4v) is 7.10. The van der Waals surface area contributed by atoms with E-state index in [0.29, 0.717) is 17.9 Å². The Morgan fingerprint density at radius 2 is 2.03 bits per heavy atom. The third-order valence-electron chi connectivity index (χ3n) is 8.89. The summed E-state index contributed by atoms with van der Waals surface area (Å²) in [6, 6.07) is 8.73. The van der Waals surface area contributed by atoms with Crippen molar-refractivity contribution in [2.75, 3.05) is 38.2 Å². The van der Waals surface area contributed by atoms with Crippen molar-refractivity contribution in [2.24, 2.45) is 23.2 Å². The predicted molar refractivity (Wildman–Crippen MR) is 127 cm³/mol. The maximum atomic E-state index is 12.9. The first-order valence-corrected chi connectivity index (χ1v) is 12.4. The van der Waals surface area contributed by atoms with E-state index in [2.05, 4.69) is 42.4 Å². The molecular formula is C27H38N2O3. The number of esters is 1. The summed E-state index contributed by atoms with van der Waals surface area (Å²) in [6.45, 7) is 12.9. The number of benzene rings is 1. The Labute approximate surface area is 192 Å². The van der Waals surface area contributed by atoms with E-state index < -0.39 is 0 Å². The van der Waals surface area contributed by atoms with Crippen LogP contribution in [0.2, 0.25) is 0 Å². The van der Waals surface area contributed by atoms with Crippen molar-refractivity contribution in [2.45, 2.75) is 58.1 Å². The minimum atomic E-state index is 0.0130. The van der Waals surface area contributed by atoms with Crippen molar-refractivity contribution in [3.8, 4) is 5.75 Å². The van der Waals surface area contributed by atoms with Crippen LogP contribution in [-0.4, -0.2) is 56.3 Å². The van der Waals surface area contributed by atoms with E-state index in [1.54, 1.807) is 7.11 Å². The summed E-state index contributed by atoms with van der Waals surface area (Å²) < 4.78 is 11.3. The molecule has 1 aromatic rings. The van der Waals surface area contributed by atoms with Crippen LogP contribution in [-0.2, 0) is 9.53 Å². The van der Waals surface area contributed by atoms with Crippen molar-refractivity contribution in [3.63, 3.8) is 0 Å². The average molecular weight is 439 g/mol. The molecule has 2 heterocycles. The molecule has 32 heavy (non-hydrogen) atoms. The van der Waals surface area contributed by atoms with Gasteiger partial charge in [0.25, 0.3) is 0 Å². The topological polar surface area (TPSA) is 42.0 Å². The number of allylic oxidation sites excluding steroid dienone is 1. The van der Waals surface area contributed by atoms with Gasteiger partial charge in [0, 0.05) is 43.8 Å². The maximum Gasteiger partial charge on any atom is 0.310 e. The first-order chi connectivity index (χ1) is 15.4. The Morgan fingerprint density at radius 1 is 1.25 bits per heavy atom. The van der Waals surface area contributed by atoms with Gasteiger partial charge in [-0.3, -0.25) is 9.69 Å². The number of carbonyl (C=O) groups excluding carboxylic acids is 1. The molecule has 3 unspecified atom stereocenters. The summed E-state index contributed by atoms with van der Waals surface area (Å²) in [5.74, 6) is 1.85. The Morgan fingerprint density at radius 3 is 2.75 bits per heavy atom. The second-order valence-corrected chi connectivity index (χ2v) is 10.9. The minimum Gasteiger partial charge on any atom is -0.497 e. The number of methoxy groups -OCH3 is 1. The van der Waals surface area contributed by atoms with Crippen LogP contribution in [0.3, 0.4) is 0 Å². The van der Waals surface area contributed by atoms with Crippen molar-refractivity contribution < 1.29 is 14.3 Å². The number of nitrogens with zero attached hydrogens (tertiary/aromatic N) is 2. The fourth-order valence-electron chi connectivity index (χ4n) is 7.10. The molecular weight excluding hydrogens is 400 g/mol. The summed E-state index contributed by atoms with van der Waals surface area (Å²) >= 11 is 0.